The highest BCUT2D eigenvalue weighted by atomic mass is 79.9. The van der Waals surface area contributed by atoms with Crippen LogP contribution < -0.4 is 16.0 Å². The number of rotatable bonds is 5. The van der Waals surface area contributed by atoms with Gasteiger partial charge in [-0.1, -0.05) is 28.1 Å². The van der Waals surface area contributed by atoms with Crippen LogP contribution in [-0.4, -0.2) is 35.7 Å². The fourth-order valence-corrected chi connectivity index (χ4v) is 3.66. The van der Waals surface area contributed by atoms with Crippen molar-refractivity contribution in [3.8, 4) is 0 Å². The summed E-state index contributed by atoms with van der Waals surface area (Å²) in [6.45, 7) is 3.90. The number of hydrogen-bond acceptors (Lipinski definition) is 4. The number of halogens is 1. The van der Waals surface area contributed by atoms with E-state index in [0.29, 0.717) is 22.1 Å². The third-order valence-corrected chi connectivity index (χ3v) is 5.77. The zero-order chi connectivity index (χ0) is 22.5. The summed E-state index contributed by atoms with van der Waals surface area (Å²) in [5, 5.41) is 9.28. The second kappa shape index (κ2) is 9.93. The van der Waals surface area contributed by atoms with Crippen molar-refractivity contribution in [1.29, 1.82) is 0 Å². The lowest BCUT2D eigenvalue weighted by molar-refractivity contribution is -0.139. The molecular weight excluding hydrogens is 480 g/mol. The molecule has 1 heterocycles. The van der Waals surface area contributed by atoms with Crippen molar-refractivity contribution in [2.24, 2.45) is 0 Å². The molecular formula is C22H23BrN4O3S. The van der Waals surface area contributed by atoms with Crippen LogP contribution in [0.15, 0.2) is 64.3 Å². The van der Waals surface area contributed by atoms with E-state index in [2.05, 4.69) is 31.9 Å². The highest BCUT2D eigenvalue weighted by molar-refractivity contribution is 9.10. The first kappa shape index (κ1) is 22.8. The topological polar surface area (TPSA) is 82.7 Å². The number of nitrogens with zero attached hydrogens (tertiary/aromatic N) is 1. The molecule has 162 valence electrons. The third-order valence-electron chi connectivity index (χ3n) is 4.85. The number of carbonyl (C=O) groups is 2. The van der Waals surface area contributed by atoms with Crippen LogP contribution in [-0.2, 0) is 9.53 Å². The second-order valence-electron chi connectivity index (χ2n) is 6.87. The van der Waals surface area contributed by atoms with E-state index in [1.165, 1.54) is 0 Å². The Bertz CT molecular complexity index is 1020. The molecule has 2 amide bonds. The molecule has 3 N–H and O–H groups in total. The summed E-state index contributed by atoms with van der Waals surface area (Å²) < 4.78 is 6.19. The Balaban J connectivity index is 1.76. The molecule has 0 fully saturated rings. The minimum Gasteiger partial charge on any atom is -0.463 e. The Morgan fingerprint density at radius 1 is 1.10 bits per heavy atom. The van der Waals surface area contributed by atoms with Crippen LogP contribution in [0.4, 0.5) is 16.2 Å². The predicted molar refractivity (Wildman–Crippen MR) is 129 cm³/mol. The minimum atomic E-state index is -0.437. The van der Waals surface area contributed by atoms with E-state index in [4.69, 9.17) is 17.0 Å². The fraction of sp³-hybridized carbons (Fsp3) is 0.227. The minimum absolute atomic E-state index is 0.285. The number of esters is 1. The molecule has 2 aromatic rings. The van der Waals surface area contributed by atoms with Crippen molar-refractivity contribution < 1.29 is 14.3 Å². The van der Waals surface area contributed by atoms with Crippen molar-refractivity contribution in [3.63, 3.8) is 0 Å². The van der Waals surface area contributed by atoms with Crippen LogP contribution in [0.25, 0.3) is 0 Å². The molecule has 9 heteroatoms. The van der Waals surface area contributed by atoms with Crippen LogP contribution in [0.3, 0.4) is 0 Å². The summed E-state index contributed by atoms with van der Waals surface area (Å²) in [5.41, 5.74) is 3.37. The average Bonchev–Trinajstić information content (AvgIpc) is 2.74. The SMILES string of the molecule is CCOC(=O)C1=C(C)N(C)C(=S)NC1c1ccc(NC(=O)Nc2ccc(Br)cc2)cc1. The fourth-order valence-electron chi connectivity index (χ4n) is 3.14. The number of amides is 2. The molecule has 0 radical (unpaired) electrons. The van der Waals surface area contributed by atoms with Crippen molar-refractivity contribution in [2.75, 3.05) is 24.3 Å². The lowest BCUT2D eigenvalue weighted by Crippen LogP contribution is -2.46. The van der Waals surface area contributed by atoms with E-state index in [1.807, 2.05) is 31.2 Å². The summed E-state index contributed by atoms with van der Waals surface area (Å²) in [6, 6.07) is 13.7. The van der Waals surface area contributed by atoms with Gasteiger partial charge in [0.25, 0.3) is 0 Å². The van der Waals surface area contributed by atoms with Gasteiger partial charge in [-0.2, -0.15) is 0 Å². The second-order valence-corrected chi connectivity index (χ2v) is 8.17. The normalized spacial score (nSPS) is 15.9. The van der Waals surface area contributed by atoms with Crippen molar-refractivity contribution in [1.82, 2.24) is 10.2 Å². The van der Waals surface area contributed by atoms with Gasteiger partial charge in [-0.15, -0.1) is 0 Å². The van der Waals surface area contributed by atoms with Gasteiger partial charge >= 0.3 is 12.0 Å². The Hall–Kier alpha value is -2.91. The summed E-state index contributed by atoms with van der Waals surface area (Å²) in [7, 11) is 1.80. The van der Waals surface area contributed by atoms with Crippen molar-refractivity contribution >= 4 is 56.6 Å². The number of ether oxygens (including phenoxy) is 1. The van der Waals surface area contributed by atoms with Crippen molar-refractivity contribution in [2.45, 2.75) is 19.9 Å². The van der Waals surface area contributed by atoms with Crippen LogP contribution in [0.1, 0.15) is 25.5 Å². The van der Waals surface area contributed by atoms with Crippen LogP contribution >= 0.6 is 28.1 Å². The standard InChI is InChI=1S/C22H23BrN4O3S/c1-4-30-20(28)18-13(2)27(3)22(31)26-19(18)14-5-9-16(10-6-14)24-21(29)25-17-11-7-15(23)8-12-17/h5-12,19H,4H2,1-3H3,(H,26,31)(H2,24,25,29). The van der Waals surface area contributed by atoms with Crippen LogP contribution in [0.2, 0.25) is 0 Å². The molecule has 0 saturated carbocycles. The zero-order valence-electron chi connectivity index (χ0n) is 17.4. The number of urea groups is 1. The number of benzene rings is 2. The molecule has 2 aromatic carbocycles. The zero-order valence-corrected chi connectivity index (χ0v) is 19.8. The number of thiocarbonyl (C=S) groups is 1. The largest absolute Gasteiger partial charge is 0.463 e. The number of anilines is 2. The van der Waals surface area contributed by atoms with Gasteiger partial charge < -0.3 is 25.6 Å². The molecule has 1 aliphatic rings. The van der Waals surface area contributed by atoms with Crippen LogP contribution in [0, 0.1) is 0 Å². The van der Waals surface area contributed by atoms with Gasteiger partial charge in [0.05, 0.1) is 18.2 Å². The lowest BCUT2D eigenvalue weighted by Gasteiger charge is -2.35. The Kier molecular flexibility index (Phi) is 7.29. The monoisotopic (exact) mass is 502 g/mol. The molecule has 1 atom stereocenters. The van der Waals surface area contributed by atoms with Gasteiger partial charge in [0.1, 0.15) is 0 Å². The van der Waals surface area contributed by atoms with Gasteiger partial charge in [-0.25, -0.2) is 9.59 Å². The summed E-state index contributed by atoms with van der Waals surface area (Å²) in [5.74, 6) is -0.386. The quantitative estimate of drug-likeness (QED) is 0.402. The first-order valence-corrected chi connectivity index (χ1v) is 10.9. The molecule has 31 heavy (non-hydrogen) atoms. The molecule has 1 aliphatic heterocycles. The highest BCUT2D eigenvalue weighted by Crippen LogP contribution is 2.31. The predicted octanol–water partition coefficient (Wildman–Crippen LogP) is 4.79. The number of hydrogen-bond donors (Lipinski definition) is 3. The molecule has 1 unspecified atom stereocenters. The first-order chi connectivity index (χ1) is 14.8. The molecule has 0 saturated heterocycles. The van der Waals surface area contributed by atoms with E-state index < -0.39 is 6.04 Å². The molecule has 3 rings (SSSR count). The number of nitrogens with one attached hydrogen (secondary N) is 3. The molecule has 0 aromatic heterocycles. The maximum atomic E-state index is 12.6. The van der Waals surface area contributed by atoms with Crippen molar-refractivity contribution in [3.05, 3.63) is 69.8 Å². The maximum absolute atomic E-state index is 12.6. The lowest BCUT2D eigenvalue weighted by atomic mass is 9.95. The summed E-state index contributed by atoms with van der Waals surface area (Å²) in [6.07, 6.45) is 0. The van der Waals surface area contributed by atoms with Gasteiger partial charge in [0.15, 0.2) is 5.11 Å². The Morgan fingerprint density at radius 2 is 1.65 bits per heavy atom. The Morgan fingerprint density at radius 3 is 2.19 bits per heavy atom. The van der Waals surface area contributed by atoms with E-state index >= 15 is 0 Å². The highest BCUT2D eigenvalue weighted by Gasteiger charge is 2.33. The number of carbonyl (C=O) groups excluding carboxylic acids is 2. The van der Waals surface area contributed by atoms with E-state index in [0.717, 1.165) is 15.7 Å². The maximum Gasteiger partial charge on any atom is 0.338 e. The third kappa shape index (κ3) is 5.42. The van der Waals surface area contributed by atoms with Gasteiger partial charge in [-0.05, 0) is 68.0 Å². The van der Waals surface area contributed by atoms with E-state index in [-0.39, 0.29) is 18.6 Å². The molecule has 0 spiro atoms. The van der Waals surface area contributed by atoms with E-state index in [1.54, 1.807) is 43.1 Å². The first-order valence-electron chi connectivity index (χ1n) is 9.65. The average molecular weight is 503 g/mol. The molecule has 0 bridgehead atoms. The van der Waals surface area contributed by atoms with Gasteiger partial charge in [-0.3, -0.25) is 0 Å². The molecule has 7 nitrogen and oxygen atoms in total. The van der Waals surface area contributed by atoms with Gasteiger partial charge in [0, 0.05) is 28.6 Å². The number of allylic oxidation sites excluding steroid dienone is 1. The summed E-state index contributed by atoms with van der Waals surface area (Å²) >= 11 is 8.76. The smallest absolute Gasteiger partial charge is 0.338 e. The van der Waals surface area contributed by atoms with Crippen LogP contribution in [0.5, 0.6) is 0 Å². The van der Waals surface area contributed by atoms with Gasteiger partial charge in [0.2, 0.25) is 0 Å². The van der Waals surface area contributed by atoms with E-state index in [9.17, 15) is 9.59 Å². The Labute approximate surface area is 195 Å². The summed E-state index contributed by atoms with van der Waals surface area (Å²) in [4.78, 5) is 26.6. The molecule has 0 aliphatic carbocycles.